The van der Waals surface area contributed by atoms with Crippen molar-refractivity contribution in [1.82, 2.24) is 25.1 Å². The maximum absolute atomic E-state index is 4.62. The SMILES string of the molecule is CCc1nnc(Nc2cnc(C3CCCN(C(C)C)C3)cn2)s1. The Morgan fingerprint density at radius 3 is 2.83 bits per heavy atom. The van der Waals surface area contributed by atoms with E-state index >= 15 is 0 Å². The van der Waals surface area contributed by atoms with Crippen LogP contribution in [0.4, 0.5) is 10.9 Å². The van der Waals surface area contributed by atoms with Crippen LogP contribution in [0.2, 0.25) is 0 Å². The maximum atomic E-state index is 4.62. The Morgan fingerprint density at radius 2 is 2.17 bits per heavy atom. The molecule has 0 saturated carbocycles. The number of piperidine rings is 1. The molecule has 0 aliphatic carbocycles. The van der Waals surface area contributed by atoms with Gasteiger partial charge in [0.15, 0.2) is 5.82 Å². The molecule has 23 heavy (non-hydrogen) atoms. The summed E-state index contributed by atoms with van der Waals surface area (Å²) in [4.78, 5) is 11.6. The zero-order valence-electron chi connectivity index (χ0n) is 14.0. The number of nitrogens with zero attached hydrogens (tertiary/aromatic N) is 5. The Bertz CT molecular complexity index is 624. The number of aryl methyl sites for hydroxylation is 1. The zero-order valence-corrected chi connectivity index (χ0v) is 14.8. The number of rotatable bonds is 5. The van der Waals surface area contributed by atoms with Crippen LogP contribution < -0.4 is 5.32 Å². The lowest BCUT2D eigenvalue weighted by Gasteiger charge is -2.35. The highest BCUT2D eigenvalue weighted by Gasteiger charge is 2.24. The number of hydrogen-bond acceptors (Lipinski definition) is 7. The van der Waals surface area contributed by atoms with E-state index in [1.807, 2.05) is 6.20 Å². The van der Waals surface area contributed by atoms with Gasteiger partial charge in [0.25, 0.3) is 0 Å². The molecule has 0 radical (unpaired) electrons. The molecule has 0 spiro atoms. The van der Waals surface area contributed by atoms with Crippen molar-refractivity contribution in [2.24, 2.45) is 0 Å². The largest absolute Gasteiger partial charge is 0.313 e. The van der Waals surface area contributed by atoms with Gasteiger partial charge in [0.05, 0.1) is 18.1 Å². The molecule has 0 aromatic carbocycles. The average Bonchev–Trinajstić information content (AvgIpc) is 3.03. The molecule has 1 aliphatic heterocycles. The van der Waals surface area contributed by atoms with E-state index < -0.39 is 0 Å². The molecular weight excluding hydrogens is 308 g/mol. The van der Waals surface area contributed by atoms with Crippen molar-refractivity contribution in [1.29, 1.82) is 0 Å². The van der Waals surface area contributed by atoms with Crippen LogP contribution in [0.5, 0.6) is 0 Å². The van der Waals surface area contributed by atoms with E-state index in [0.717, 1.165) is 34.6 Å². The zero-order chi connectivity index (χ0) is 16.2. The standard InChI is InChI=1S/C16H24N6S/c1-4-15-20-21-16(23-15)19-14-9-17-13(8-18-14)12-6-5-7-22(10-12)11(2)3/h8-9,11-12H,4-7,10H2,1-3H3,(H,18,19,21). The highest BCUT2D eigenvalue weighted by molar-refractivity contribution is 7.15. The first-order valence-corrected chi connectivity index (χ1v) is 9.12. The van der Waals surface area contributed by atoms with Crippen molar-refractivity contribution in [3.63, 3.8) is 0 Å². The second-order valence-corrected chi connectivity index (χ2v) is 7.30. The maximum Gasteiger partial charge on any atom is 0.211 e. The second-order valence-electron chi connectivity index (χ2n) is 6.23. The quantitative estimate of drug-likeness (QED) is 0.907. The third-order valence-electron chi connectivity index (χ3n) is 4.28. The van der Waals surface area contributed by atoms with Gasteiger partial charge >= 0.3 is 0 Å². The fraction of sp³-hybridized carbons (Fsp3) is 0.625. The molecule has 2 aromatic rings. The minimum atomic E-state index is 0.487. The van der Waals surface area contributed by atoms with Gasteiger partial charge in [0.1, 0.15) is 5.01 Å². The first kappa shape index (κ1) is 16.3. The van der Waals surface area contributed by atoms with Gasteiger partial charge in [-0.05, 0) is 39.7 Å². The van der Waals surface area contributed by atoms with E-state index in [1.165, 1.54) is 19.4 Å². The van der Waals surface area contributed by atoms with Crippen LogP contribution in [0, 0.1) is 0 Å². The van der Waals surface area contributed by atoms with Crippen LogP contribution in [0.1, 0.15) is 50.2 Å². The lowest BCUT2D eigenvalue weighted by molar-refractivity contribution is 0.166. The summed E-state index contributed by atoms with van der Waals surface area (Å²) in [5.74, 6) is 1.21. The van der Waals surface area contributed by atoms with E-state index in [9.17, 15) is 0 Å². The summed E-state index contributed by atoms with van der Waals surface area (Å²) in [6, 6.07) is 0.594. The fourth-order valence-electron chi connectivity index (χ4n) is 2.89. The van der Waals surface area contributed by atoms with Crippen LogP contribution in [0.25, 0.3) is 0 Å². The molecule has 3 heterocycles. The van der Waals surface area contributed by atoms with Crippen molar-refractivity contribution >= 4 is 22.3 Å². The van der Waals surface area contributed by atoms with Gasteiger partial charge in [-0.2, -0.15) is 0 Å². The molecule has 3 rings (SSSR count). The normalized spacial score (nSPS) is 19.2. The molecule has 0 amide bonds. The van der Waals surface area contributed by atoms with E-state index in [0.29, 0.717) is 12.0 Å². The molecule has 1 unspecified atom stereocenters. The summed E-state index contributed by atoms with van der Waals surface area (Å²) in [6.45, 7) is 8.86. The van der Waals surface area contributed by atoms with E-state index in [-0.39, 0.29) is 0 Å². The van der Waals surface area contributed by atoms with Crippen molar-refractivity contribution in [2.45, 2.75) is 52.0 Å². The Balaban J connectivity index is 1.64. The number of likely N-dealkylation sites (tertiary alicyclic amines) is 1. The summed E-state index contributed by atoms with van der Waals surface area (Å²) in [7, 11) is 0. The average molecular weight is 332 g/mol. The Labute approximate surface area is 141 Å². The van der Waals surface area contributed by atoms with Crippen LogP contribution in [0.3, 0.4) is 0 Å². The third-order valence-corrected chi connectivity index (χ3v) is 5.26. The smallest absolute Gasteiger partial charge is 0.211 e. The minimum Gasteiger partial charge on any atom is -0.313 e. The Hall–Kier alpha value is -1.60. The minimum absolute atomic E-state index is 0.487. The Kier molecular flexibility index (Phi) is 5.17. The molecule has 7 heteroatoms. The summed E-state index contributed by atoms with van der Waals surface area (Å²) in [6.07, 6.45) is 7.03. The number of aromatic nitrogens is 4. The van der Waals surface area contributed by atoms with Crippen LogP contribution in [0.15, 0.2) is 12.4 Å². The van der Waals surface area contributed by atoms with Gasteiger partial charge in [0.2, 0.25) is 5.13 Å². The number of nitrogens with one attached hydrogen (secondary N) is 1. The first-order chi connectivity index (χ1) is 11.2. The Morgan fingerprint density at radius 1 is 1.30 bits per heavy atom. The van der Waals surface area contributed by atoms with Crippen molar-refractivity contribution < 1.29 is 0 Å². The molecule has 124 valence electrons. The third kappa shape index (κ3) is 4.03. The topological polar surface area (TPSA) is 66.8 Å². The first-order valence-electron chi connectivity index (χ1n) is 8.31. The lowest BCUT2D eigenvalue weighted by Crippen LogP contribution is -2.39. The summed E-state index contributed by atoms with van der Waals surface area (Å²) in [5.41, 5.74) is 1.09. The van der Waals surface area contributed by atoms with Crippen LogP contribution in [-0.4, -0.2) is 44.2 Å². The molecule has 0 bridgehead atoms. The summed E-state index contributed by atoms with van der Waals surface area (Å²) >= 11 is 1.56. The molecule has 6 nitrogen and oxygen atoms in total. The van der Waals surface area contributed by atoms with Gasteiger partial charge < -0.3 is 10.2 Å². The predicted molar refractivity (Wildman–Crippen MR) is 93.3 cm³/mol. The molecule has 1 N–H and O–H groups in total. The lowest BCUT2D eigenvalue weighted by atomic mass is 9.94. The van der Waals surface area contributed by atoms with E-state index in [4.69, 9.17) is 0 Å². The monoisotopic (exact) mass is 332 g/mol. The predicted octanol–water partition coefficient (Wildman–Crippen LogP) is 3.22. The second kappa shape index (κ2) is 7.31. The van der Waals surface area contributed by atoms with Crippen molar-refractivity contribution in [3.05, 3.63) is 23.1 Å². The molecule has 2 aromatic heterocycles. The van der Waals surface area contributed by atoms with Crippen molar-refractivity contribution in [2.75, 3.05) is 18.4 Å². The molecule has 1 saturated heterocycles. The van der Waals surface area contributed by atoms with Crippen LogP contribution >= 0.6 is 11.3 Å². The van der Waals surface area contributed by atoms with E-state index in [1.54, 1.807) is 17.5 Å². The van der Waals surface area contributed by atoms with Gasteiger partial charge in [-0.25, -0.2) is 4.98 Å². The molecule has 1 aliphatic rings. The van der Waals surface area contributed by atoms with Crippen molar-refractivity contribution in [3.8, 4) is 0 Å². The van der Waals surface area contributed by atoms with Gasteiger partial charge in [0, 0.05) is 18.5 Å². The molecular formula is C16H24N6S. The summed E-state index contributed by atoms with van der Waals surface area (Å²) < 4.78 is 0. The number of hydrogen-bond donors (Lipinski definition) is 1. The molecule has 1 atom stereocenters. The van der Waals surface area contributed by atoms with Gasteiger partial charge in [-0.15, -0.1) is 10.2 Å². The number of anilines is 2. The summed E-state index contributed by atoms with van der Waals surface area (Å²) in [5, 5.41) is 13.2. The highest BCUT2D eigenvalue weighted by Crippen LogP contribution is 2.27. The molecule has 1 fully saturated rings. The van der Waals surface area contributed by atoms with E-state index in [2.05, 4.69) is 51.2 Å². The van der Waals surface area contributed by atoms with Gasteiger partial charge in [-0.3, -0.25) is 4.98 Å². The van der Waals surface area contributed by atoms with Gasteiger partial charge in [-0.1, -0.05) is 18.3 Å². The fourth-order valence-corrected chi connectivity index (χ4v) is 3.57. The van der Waals surface area contributed by atoms with Crippen LogP contribution in [-0.2, 0) is 6.42 Å². The highest BCUT2D eigenvalue weighted by atomic mass is 32.1.